The average Bonchev–Trinajstić information content (AvgIpc) is 3.71. The maximum absolute atomic E-state index is 15.1. The van der Waals surface area contributed by atoms with Gasteiger partial charge in [0.1, 0.15) is 17.8 Å². The SMILES string of the molecule is O=C(NCC(=O)N1CCN(c2ccc(-c3cc(CNc4ccon4)on3)cc2F)CC1)c1cnc2ccccc2c1. The van der Waals surface area contributed by atoms with Crippen LogP contribution in [0, 0.1) is 5.82 Å². The second-order valence-corrected chi connectivity index (χ2v) is 9.55. The van der Waals surface area contributed by atoms with E-state index in [0.717, 1.165) is 10.9 Å². The number of para-hydroxylation sites is 1. The van der Waals surface area contributed by atoms with E-state index in [1.54, 1.807) is 35.2 Å². The molecule has 0 bridgehead atoms. The number of nitrogens with zero attached hydrogens (tertiary/aromatic N) is 5. The lowest BCUT2D eigenvalue weighted by Gasteiger charge is -2.36. The second-order valence-electron chi connectivity index (χ2n) is 9.55. The highest BCUT2D eigenvalue weighted by molar-refractivity contribution is 5.98. The summed E-state index contributed by atoms with van der Waals surface area (Å²) in [6.45, 7) is 1.99. The summed E-state index contributed by atoms with van der Waals surface area (Å²) in [5.41, 5.74) is 2.75. The van der Waals surface area contributed by atoms with Crippen molar-refractivity contribution in [1.82, 2.24) is 25.5 Å². The van der Waals surface area contributed by atoms with E-state index in [-0.39, 0.29) is 24.2 Å². The van der Waals surface area contributed by atoms with Crippen LogP contribution in [0.5, 0.6) is 0 Å². The number of benzene rings is 2. The summed E-state index contributed by atoms with van der Waals surface area (Å²) in [4.78, 5) is 33.2. The highest BCUT2D eigenvalue weighted by Crippen LogP contribution is 2.27. The largest absolute Gasteiger partial charge is 0.366 e. The van der Waals surface area contributed by atoms with E-state index < -0.39 is 0 Å². The summed E-state index contributed by atoms with van der Waals surface area (Å²) in [6.07, 6.45) is 2.96. The molecule has 5 aromatic rings. The van der Waals surface area contributed by atoms with E-state index in [0.29, 0.717) is 66.8 Å². The van der Waals surface area contributed by atoms with Crippen LogP contribution in [-0.4, -0.2) is 64.7 Å². The molecule has 0 unspecified atom stereocenters. The highest BCUT2D eigenvalue weighted by atomic mass is 19.1. The van der Waals surface area contributed by atoms with Gasteiger partial charge in [-0.05, 0) is 24.3 Å². The van der Waals surface area contributed by atoms with E-state index in [9.17, 15) is 9.59 Å². The third-order valence-corrected chi connectivity index (χ3v) is 6.91. The van der Waals surface area contributed by atoms with E-state index in [1.165, 1.54) is 18.5 Å². The number of rotatable bonds is 8. The van der Waals surface area contributed by atoms with Crippen LogP contribution < -0.4 is 15.5 Å². The molecule has 0 atom stereocenters. The Bertz CT molecular complexity index is 1680. The van der Waals surface area contributed by atoms with Gasteiger partial charge in [0.05, 0.1) is 29.9 Å². The van der Waals surface area contributed by atoms with E-state index in [2.05, 4.69) is 25.9 Å². The molecular weight excluding hydrogens is 529 g/mol. The lowest BCUT2D eigenvalue weighted by molar-refractivity contribution is -0.130. The molecule has 11 nitrogen and oxygen atoms in total. The van der Waals surface area contributed by atoms with Crippen LogP contribution in [0.4, 0.5) is 15.9 Å². The van der Waals surface area contributed by atoms with Crippen LogP contribution >= 0.6 is 0 Å². The monoisotopic (exact) mass is 555 g/mol. The molecule has 2 amide bonds. The second kappa shape index (κ2) is 11.5. The van der Waals surface area contributed by atoms with Crippen molar-refractivity contribution >= 4 is 34.2 Å². The quantitative estimate of drug-likeness (QED) is 0.294. The molecule has 0 spiro atoms. The van der Waals surface area contributed by atoms with Crippen molar-refractivity contribution in [2.24, 2.45) is 0 Å². The Balaban J connectivity index is 1.00. The Kier molecular flexibility index (Phi) is 7.27. The van der Waals surface area contributed by atoms with E-state index in [4.69, 9.17) is 9.05 Å². The van der Waals surface area contributed by atoms with Gasteiger partial charge in [-0.15, -0.1) is 0 Å². The summed E-state index contributed by atoms with van der Waals surface area (Å²) in [5.74, 6) is 0.205. The topological polar surface area (TPSA) is 130 Å². The molecule has 0 radical (unpaired) electrons. The number of anilines is 2. The van der Waals surface area contributed by atoms with Gasteiger partial charge in [-0.1, -0.05) is 34.6 Å². The molecule has 0 saturated carbocycles. The first-order chi connectivity index (χ1) is 20.0. The fourth-order valence-corrected chi connectivity index (χ4v) is 4.70. The molecule has 1 fully saturated rings. The van der Waals surface area contributed by atoms with Crippen molar-refractivity contribution in [3.8, 4) is 11.3 Å². The molecule has 1 saturated heterocycles. The minimum absolute atomic E-state index is 0.123. The van der Waals surface area contributed by atoms with Gasteiger partial charge in [0.2, 0.25) is 5.91 Å². The van der Waals surface area contributed by atoms with Gasteiger partial charge in [-0.3, -0.25) is 14.6 Å². The number of aromatic nitrogens is 3. The molecule has 2 aromatic carbocycles. The maximum atomic E-state index is 15.1. The fourth-order valence-electron chi connectivity index (χ4n) is 4.70. The minimum atomic E-state index is -0.385. The molecular formula is C29H26FN7O4. The molecule has 0 aliphatic carbocycles. The Morgan fingerprint density at radius 3 is 2.63 bits per heavy atom. The van der Waals surface area contributed by atoms with Crippen molar-refractivity contribution in [2.75, 3.05) is 42.9 Å². The van der Waals surface area contributed by atoms with Gasteiger partial charge < -0.3 is 29.5 Å². The fraction of sp³-hybridized carbons (Fsp3) is 0.207. The standard InChI is InChI=1S/C29H26FN7O4/c30-23-14-20(25-15-22(41-34-25)17-32-27-7-12-40-35-27)5-6-26(23)36-8-10-37(11-9-36)28(38)18-33-29(39)21-13-19-3-1-2-4-24(19)31-16-21/h1-7,12-16H,8-11,17-18H2,(H,32,35)(H,33,39). The maximum Gasteiger partial charge on any atom is 0.253 e. The van der Waals surface area contributed by atoms with Crippen molar-refractivity contribution in [3.63, 3.8) is 0 Å². The van der Waals surface area contributed by atoms with Crippen molar-refractivity contribution < 1.29 is 23.0 Å². The number of carbonyl (C=O) groups excluding carboxylic acids is 2. The van der Waals surface area contributed by atoms with Gasteiger partial charge >= 0.3 is 0 Å². The number of amides is 2. The molecule has 1 aliphatic heterocycles. The van der Waals surface area contributed by atoms with E-state index in [1.807, 2.05) is 29.2 Å². The van der Waals surface area contributed by atoms with Gasteiger partial charge in [0.25, 0.3) is 5.91 Å². The molecule has 1 aliphatic rings. The van der Waals surface area contributed by atoms with Gasteiger partial charge in [0, 0.05) is 55.5 Å². The summed E-state index contributed by atoms with van der Waals surface area (Å²) in [7, 11) is 0. The minimum Gasteiger partial charge on any atom is -0.366 e. The van der Waals surface area contributed by atoms with Crippen LogP contribution in [0.25, 0.3) is 22.2 Å². The lowest BCUT2D eigenvalue weighted by atomic mass is 10.1. The molecule has 12 heteroatoms. The number of piperazine rings is 1. The zero-order valence-corrected chi connectivity index (χ0v) is 21.9. The van der Waals surface area contributed by atoms with Crippen LogP contribution in [-0.2, 0) is 11.3 Å². The molecule has 4 heterocycles. The number of halogens is 1. The number of pyridine rings is 1. The molecule has 3 aromatic heterocycles. The van der Waals surface area contributed by atoms with Crippen molar-refractivity contribution in [3.05, 3.63) is 90.3 Å². The van der Waals surface area contributed by atoms with Crippen molar-refractivity contribution in [2.45, 2.75) is 6.54 Å². The Labute approximate surface area is 233 Å². The van der Waals surface area contributed by atoms with Crippen LogP contribution in [0.15, 0.2) is 82.2 Å². The number of hydrogen-bond donors (Lipinski definition) is 2. The summed E-state index contributed by atoms with van der Waals surface area (Å²) < 4.78 is 25.2. The summed E-state index contributed by atoms with van der Waals surface area (Å²) in [6, 6.07) is 17.6. The summed E-state index contributed by atoms with van der Waals surface area (Å²) in [5, 5.41) is 14.4. The molecule has 41 heavy (non-hydrogen) atoms. The number of nitrogens with one attached hydrogen (secondary N) is 2. The zero-order valence-electron chi connectivity index (χ0n) is 21.9. The highest BCUT2D eigenvalue weighted by Gasteiger charge is 2.24. The van der Waals surface area contributed by atoms with Gasteiger partial charge in [0.15, 0.2) is 11.6 Å². The number of carbonyl (C=O) groups is 2. The predicted octanol–water partition coefficient (Wildman–Crippen LogP) is 3.71. The summed E-state index contributed by atoms with van der Waals surface area (Å²) >= 11 is 0. The number of fused-ring (bicyclic) bond motifs is 1. The number of hydrogen-bond acceptors (Lipinski definition) is 9. The van der Waals surface area contributed by atoms with Crippen LogP contribution in [0.3, 0.4) is 0 Å². The zero-order chi connectivity index (χ0) is 28.2. The molecule has 208 valence electrons. The first kappa shape index (κ1) is 26.0. The average molecular weight is 556 g/mol. The molecule has 6 rings (SSSR count). The van der Waals surface area contributed by atoms with E-state index >= 15 is 4.39 Å². The van der Waals surface area contributed by atoms with Gasteiger partial charge in [-0.25, -0.2) is 4.39 Å². The third kappa shape index (κ3) is 5.86. The van der Waals surface area contributed by atoms with Gasteiger partial charge in [-0.2, -0.15) is 0 Å². The smallest absolute Gasteiger partial charge is 0.253 e. The first-order valence-electron chi connectivity index (χ1n) is 13.1. The molecule has 2 N–H and O–H groups in total. The van der Waals surface area contributed by atoms with Crippen LogP contribution in [0.2, 0.25) is 0 Å². The Morgan fingerprint density at radius 2 is 1.83 bits per heavy atom. The Morgan fingerprint density at radius 1 is 0.976 bits per heavy atom. The van der Waals surface area contributed by atoms with Crippen molar-refractivity contribution in [1.29, 1.82) is 0 Å². The van der Waals surface area contributed by atoms with Crippen LogP contribution in [0.1, 0.15) is 16.1 Å². The predicted molar refractivity (Wildman–Crippen MR) is 149 cm³/mol. The lowest BCUT2D eigenvalue weighted by Crippen LogP contribution is -2.51. The third-order valence-electron chi connectivity index (χ3n) is 6.91. The normalized spacial score (nSPS) is 13.4. The first-order valence-corrected chi connectivity index (χ1v) is 13.1. The Hall–Kier alpha value is -5.26.